The first-order chi connectivity index (χ1) is 15.8. The van der Waals surface area contributed by atoms with Gasteiger partial charge in [0.1, 0.15) is 27.1 Å². The van der Waals surface area contributed by atoms with Gasteiger partial charge in [-0.05, 0) is 12.5 Å². The molecule has 3 aliphatic rings. The first-order valence-corrected chi connectivity index (χ1v) is 11.5. The van der Waals surface area contributed by atoms with Gasteiger partial charge in [-0.15, -0.1) is 11.8 Å². The van der Waals surface area contributed by atoms with E-state index in [0.717, 1.165) is 12.1 Å². The summed E-state index contributed by atoms with van der Waals surface area (Å²) in [5.41, 5.74) is -1.63. The molecule has 33 heavy (non-hydrogen) atoms. The van der Waals surface area contributed by atoms with Gasteiger partial charge in [-0.3, -0.25) is 14.4 Å². The number of nitrogens with one attached hydrogen (secondary N) is 1. The Morgan fingerprint density at radius 3 is 2.94 bits per heavy atom. The molecule has 0 aliphatic carbocycles. The van der Waals surface area contributed by atoms with Gasteiger partial charge in [0.25, 0.3) is 11.8 Å². The van der Waals surface area contributed by atoms with E-state index in [1.165, 1.54) is 10.8 Å². The zero-order chi connectivity index (χ0) is 23.5. The molecule has 1 aromatic carbocycles. The predicted molar refractivity (Wildman–Crippen MR) is 116 cm³/mol. The van der Waals surface area contributed by atoms with Crippen molar-refractivity contribution in [3.05, 3.63) is 62.0 Å². The number of amides is 2. The highest BCUT2D eigenvalue weighted by atomic mass is 35.5. The summed E-state index contributed by atoms with van der Waals surface area (Å²) in [5.74, 6) is -3.44. The number of aromatic nitrogens is 1. The van der Waals surface area contributed by atoms with Crippen LogP contribution in [-0.2, 0) is 11.3 Å². The van der Waals surface area contributed by atoms with Gasteiger partial charge in [0.05, 0.1) is 12.6 Å². The highest BCUT2D eigenvalue weighted by Gasteiger charge is 2.57. The van der Waals surface area contributed by atoms with Gasteiger partial charge >= 0.3 is 0 Å². The summed E-state index contributed by atoms with van der Waals surface area (Å²) in [7, 11) is 0. The van der Waals surface area contributed by atoms with Crippen molar-refractivity contribution in [1.82, 2.24) is 14.8 Å². The smallest absolute Gasteiger partial charge is 0.275 e. The van der Waals surface area contributed by atoms with Gasteiger partial charge in [-0.2, -0.15) is 0 Å². The molecule has 0 bridgehead atoms. The number of pyridine rings is 1. The number of hydrogen-bond donors (Lipinski definition) is 2. The number of fused-ring (bicyclic) bond motifs is 2. The van der Waals surface area contributed by atoms with Crippen LogP contribution in [-0.4, -0.2) is 56.8 Å². The molecular formula is C21H18ClF2N3O5S. The van der Waals surface area contributed by atoms with Crippen molar-refractivity contribution in [2.45, 2.75) is 23.9 Å². The van der Waals surface area contributed by atoms with Crippen LogP contribution in [0.2, 0.25) is 5.02 Å². The van der Waals surface area contributed by atoms with Crippen molar-refractivity contribution in [3.63, 3.8) is 0 Å². The fourth-order valence-corrected chi connectivity index (χ4v) is 6.41. The Morgan fingerprint density at radius 2 is 2.15 bits per heavy atom. The fraction of sp³-hybridized carbons (Fsp3) is 0.381. The largest absolute Gasteiger partial charge is 0.503 e. The van der Waals surface area contributed by atoms with Gasteiger partial charge in [-0.1, -0.05) is 17.7 Å². The molecule has 174 valence electrons. The lowest BCUT2D eigenvalue weighted by molar-refractivity contribution is -0.0284. The highest BCUT2D eigenvalue weighted by molar-refractivity contribution is 8.01. The molecule has 12 heteroatoms. The minimum atomic E-state index is -1.02. The maximum atomic E-state index is 14.2. The van der Waals surface area contributed by atoms with E-state index in [1.54, 1.807) is 16.7 Å². The van der Waals surface area contributed by atoms with E-state index in [9.17, 15) is 28.3 Å². The number of ether oxygens (including phenoxy) is 1. The van der Waals surface area contributed by atoms with Crippen molar-refractivity contribution in [2.75, 3.05) is 25.5 Å². The third-order valence-corrected chi connectivity index (χ3v) is 8.13. The van der Waals surface area contributed by atoms with E-state index >= 15 is 0 Å². The Morgan fingerprint density at radius 1 is 1.36 bits per heavy atom. The Balaban J connectivity index is 1.52. The van der Waals surface area contributed by atoms with Crippen molar-refractivity contribution in [3.8, 4) is 5.75 Å². The third kappa shape index (κ3) is 3.24. The van der Waals surface area contributed by atoms with Gasteiger partial charge in [0.2, 0.25) is 5.43 Å². The second-order valence-corrected chi connectivity index (χ2v) is 9.78. The average Bonchev–Trinajstić information content (AvgIpc) is 3.23. The van der Waals surface area contributed by atoms with Crippen LogP contribution in [0.4, 0.5) is 8.78 Å². The number of halogens is 3. The van der Waals surface area contributed by atoms with E-state index in [0.29, 0.717) is 31.9 Å². The van der Waals surface area contributed by atoms with Crippen LogP contribution in [0.1, 0.15) is 38.9 Å². The van der Waals surface area contributed by atoms with Crippen LogP contribution in [0.15, 0.2) is 23.1 Å². The maximum Gasteiger partial charge on any atom is 0.275 e. The summed E-state index contributed by atoms with van der Waals surface area (Å²) in [6, 6.07) is 1.79. The van der Waals surface area contributed by atoms with Crippen LogP contribution < -0.4 is 10.7 Å². The average molecular weight is 498 g/mol. The quantitative estimate of drug-likeness (QED) is 0.631. The normalized spacial score (nSPS) is 23.7. The van der Waals surface area contributed by atoms with E-state index < -0.39 is 50.1 Å². The van der Waals surface area contributed by atoms with E-state index in [1.807, 2.05) is 0 Å². The Labute approximate surface area is 195 Å². The highest BCUT2D eigenvalue weighted by Crippen LogP contribution is 2.52. The lowest BCUT2D eigenvalue weighted by atomic mass is 9.95. The summed E-state index contributed by atoms with van der Waals surface area (Å²) in [6.45, 7) is 0.821. The van der Waals surface area contributed by atoms with Crippen LogP contribution in [0.25, 0.3) is 0 Å². The summed E-state index contributed by atoms with van der Waals surface area (Å²) < 4.78 is 34.7. The molecule has 8 nitrogen and oxygen atoms in total. The van der Waals surface area contributed by atoms with Crippen LogP contribution in [0.3, 0.4) is 0 Å². The SMILES string of the molecule is O=C(NCc1ccc(F)c(Cl)c1F)c1cn2c(c(O)c1=O)C(=O)N1CCS[C@]13COCC[C@H]23. The first-order valence-electron chi connectivity index (χ1n) is 10.2. The Hall–Kier alpha value is -2.63. The molecule has 2 fully saturated rings. The summed E-state index contributed by atoms with van der Waals surface area (Å²) in [4.78, 5) is 39.7. The molecule has 2 atom stereocenters. The molecule has 1 aromatic heterocycles. The Kier molecular flexibility index (Phi) is 5.37. The van der Waals surface area contributed by atoms with Crippen molar-refractivity contribution in [1.29, 1.82) is 0 Å². The summed E-state index contributed by atoms with van der Waals surface area (Å²) >= 11 is 7.14. The molecule has 0 saturated carbocycles. The molecule has 2 N–H and O–H groups in total. The van der Waals surface area contributed by atoms with Gasteiger partial charge in [0, 0.05) is 37.2 Å². The van der Waals surface area contributed by atoms with Crippen molar-refractivity contribution >= 4 is 35.2 Å². The molecule has 3 aliphatic heterocycles. The summed E-state index contributed by atoms with van der Waals surface area (Å²) in [6.07, 6.45) is 1.79. The molecular weight excluding hydrogens is 480 g/mol. The van der Waals surface area contributed by atoms with Gasteiger partial charge in [-0.25, -0.2) is 8.78 Å². The van der Waals surface area contributed by atoms with Crippen molar-refractivity contribution < 1.29 is 28.2 Å². The number of rotatable bonds is 3. The number of nitrogens with zero attached hydrogens (tertiary/aromatic N) is 2. The molecule has 2 saturated heterocycles. The van der Waals surface area contributed by atoms with E-state index in [2.05, 4.69) is 5.32 Å². The Bertz CT molecular complexity index is 1260. The molecule has 4 heterocycles. The molecule has 5 rings (SSSR count). The molecule has 2 aromatic rings. The van der Waals surface area contributed by atoms with Crippen molar-refractivity contribution in [2.24, 2.45) is 0 Å². The first kappa shape index (κ1) is 22.2. The maximum absolute atomic E-state index is 14.2. The monoisotopic (exact) mass is 497 g/mol. The number of carbonyl (C=O) groups excluding carboxylic acids is 2. The lowest BCUT2D eigenvalue weighted by Gasteiger charge is -2.50. The molecule has 0 radical (unpaired) electrons. The zero-order valence-electron chi connectivity index (χ0n) is 17.1. The second-order valence-electron chi connectivity index (χ2n) is 8.00. The minimum Gasteiger partial charge on any atom is -0.503 e. The topological polar surface area (TPSA) is 101 Å². The zero-order valence-corrected chi connectivity index (χ0v) is 18.6. The number of hydrogen-bond acceptors (Lipinski definition) is 6. The summed E-state index contributed by atoms with van der Waals surface area (Å²) in [5, 5.41) is 12.3. The number of benzene rings is 1. The van der Waals surface area contributed by atoms with E-state index in [4.69, 9.17) is 16.3 Å². The standard InChI is InChI=1S/C21H18ClF2N3O5S/c22-14-12(23)2-1-10(15(14)24)7-25-19(30)11-8-26-13-3-5-32-9-21(13)27(4-6-33-21)20(31)16(26)18(29)17(11)28/h1-2,8,13,29H,3-7,9H2,(H,25,30)/t13-,21-/m0/s1. The van der Waals surface area contributed by atoms with E-state index in [-0.39, 0.29) is 23.8 Å². The number of aromatic hydroxyl groups is 1. The minimum absolute atomic E-state index is 0.0754. The number of thioether (sulfide) groups is 1. The van der Waals surface area contributed by atoms with Gasteiger partial charge in [0.15, 0.2) is 11.4 Å². The number of carbonyl (C=O) groups is 2. The van der Waals surface area contributed by atoms with Crippen LogP contribution in [0.5, 0.6) is 5.75 Å². The molecule has 0 unspecified atom stereocenters. The van der Waals surface area contributed by atoms with Crippen LogP contribution in [0, 0.1) is 11.6 Å². The molecule has 2 amide bonds. The third-order valence-electron chi connectivity index (χ3n) is 6.28. The van der Waals surface area contributed by atoms with Gasteiger partial charge < -0.3 is 24.6 Å². The molecule has 1 spiro atoms. The predicted octanol–water partition coefficient (Wildman–Crippen LogP) is 2.28. The second kappa shape index (κ2) is 8.00. The van der Waals surface area contributed by atoms with Crippen LogP contribution >= 0.6 is 23.4 Å². The lowest BCUT2D eigenvalue weighted by Crippen LogP contribution is -2.61. The fourth-order valence-electron chi connectivity index (χ4n) is 4.68.